The molecule has 0 amide bonds. The molecule has 0 aliphatic rings. The maximum atomic E-state index is 3.45. The van der Waals surface area contributed by atoms with Gasteiger partial charge in [0.25, 0.3) is 0 Å². The zero-order valence-corrected chi connectivity index (χ0v) is 9.81. The van der Waals surface area contributed by atoms with E-state index in [0.717, 1.165) is 0 Å². The standard InChI is InChI=1S/C12H23N/c1-9(2)7-8-11(5)13-12(6)10(3)4/h7-8,10,12-13H,1-6H3/b11-8+. The number of hydrogen-bond acceptors (Lipinski definition) is 1. The van der Waals surface area contributed by atoms with Gasteiger partial charge >= 0.3 is 0 Å². The van der Waals surface area contributed by atoms with Crippen LogP contribution < -0.4 is 5.32 Å². The molecule has 0 heterocycles. The molecular weight excluding hydrogens is 158 g/mol. The summed E-state index contributed by atoms with van der Waals surface area (Å²) in [5, 5.41) is 3.45. The van der Waals surface area contributed by atoms with Gasteiger partial charge in [0, 0.05) is 11.7 Å². The first-order valence-corrected chi connectivity index (χ1v) is 5.01. The molecule has 1 heteroatoms. The molecular formula is C12H23N. The molecule has 0 aromatic carbocycles. The fourth-order valence-electron chi connectivity index (χ4n) is 0.866. The highest BCUT2D eigenvalue weighted by molar-refractivity contribution is 5.13. The van der Waals surface area contributed by atoms with Gasteiger partial charge < -0.3 is 5.32 Å². The van der Waals surface area contributed by atoms with Crippen molar-refractivity contribution in [1.82, 2.24) is 5.32 Å². The fraction of sp³-hybridized carbons (Fsp3) is 0.667. The summed E-state index contributed by atoms with van der Waals surface area (Å²) in [5.41, 5.74) is 2.57. The van der Waals surface area contributed by atoms with Crippen LogP contribution in [-0.2, 0) is 0 Å². The second-order valence-corrected chi connectivity index (χ2v) is 4.27. The highest BCUT2D eigenvalue weighted by atomic mass is 14.9. The van der Waals surface area contributed by atoms with Crippen molar-refractivity contribution in [3.63, 3.8) is 0 Å². The second kappa shape index (κ2) is 5.85. The van der Waals surface area contributed by atoms with E-state index in [9.17, 15) is 0 Å². The molecule has 0 aromatic rings. The van der Waals surface area contributed by atoms with Crippen molar-refractivity contribution in [3.05, 3.63) is 23.4 Å². The van der Waals surface area contributed by atoms with Gasteiger partial charge in [0.15, 0.2) is 0 Å². The van der Waals surface area contributed by atoms with Gasteiger partial charge in [-0.25, -0.2) is 0 Å². The quantitative estimate of drug-likeness (QED) is 0.655. The van der Waals surface area contributed by atoms with Crippen LogP contribution in [0, 0.1) is 5.92 Å². The first-order chi connectivity index (χ1) is 5.93. The molecule has 0 aromatic heterocycles. The monoisotopic (exact) mass is 181 g/mol. The van der Waals surface area contributed by atoms with E-state index in [0.29, 0.717) is 12.0 Å². The molecule has 0 aliphatic heterocycles. The fourth-order valence-corrected chi connectivity index (χ4v) is 0.866. The van der Waals surface area contributed by atoms with Crippen LogP contribution in [0.5, 0.6) is 0 Å². The molecule has 0 bridgehead atoms. The Balaban J connectivity index is 4.07. The average Bonchev–Trinajstić information content (AvgIpc) is 2.00. The minimum absolute atomic E-state index is 0.543. The lowest BCUT2D eigenvalue weighted by molar-refractivity contribution is 0.462. The molecule has 13 heavy (non-hydrogen) atoms. The van der Waals surface area contributed by atoms with Gasteiger partial charge in [0.2, 0.25) is 0 Å². The topological polar surface area (TPSA) is 12.0 Å². The summed E-state index contributed by atoms with van der Waals surface area (Å²) in [6.07, 6.45) is 4.27. The first kappa shape index (κ1) is 12.3. The van der Waals surface area contributed by atoms with Crippen molar-refractivity contribution >= 4 is 0 Å². The first-order valence-electron chi connectivity index (χ1n) is 5.01. The van der Waals surface area contributed by atoms with Crippen molar-refractivity contribution < 1.29 is 0 Å². The largest absolute Gasteiger partial charge is 0.386 e. The molecule has 1 unspecified atom stereocenters. The van der Waals surface area contributed by atoms with E-state index in [-0.39, 0.29) is 0 Å². The Labute approximate surface area is 82.9 Å². The van der Waals surface area contributed by atoms with Crippen LogP contribution in [-0.4, -0.2) is 6.04 Å². The third kappa shape index (κ3) is 6.44. The smallest absolute Gasteiger partial charge is 0.0252 e. The summed E-state index contributed by atoms with van der Waals surface area (Å²) in [7, 11) is 0. The number of nitrogens with one attached hydrogen (secondary N) is 1. The molecule has 0 radical (unpaired) electrons. The SMILES string of the molecule is CC(C)=C/C=C(\C)NC(C)C(C)C. The van der Waals surface area contributed by atoms with Crippen molar-refractivity contribution in [2.75, 3.05) is 0 Å². The summed E-state index contributed by atoms with van der Waals surface area (Å²) in [6.45, 7) is 13.0. The van der Waals surface area contributed by atoms with Crippen LogP contribution in [0.1, 0.15) is 41.5 Å². The zero-order valence-electron chi connectivity index (χ0n) is 9.81. The maximum absolute atomic E-state index is 3.45. The summed E-state index contributed by atoms with van der Waals surface area (Å²) < 4.78 is 0. The average molecular weight is 181 g/mol. The Kier molecular flexibility index (Phi) is 5.52. The highest BCUT2D eigenvalue weighted by Crippen LogP contribution is 2.03. The lowest BCUT2D eigenvalue weighted by atomic mass is 10.1. The van der Waals surface area contributed by atoms with Gasteiger partial charge in [0.1, 0.15) is 0 Å². The molecule has 0 fully saturated rings. The lowest BCUT2D eigenvalue weighted by Gasteiger charge is -2.18. The van der Waals surface area contributed by atoms with E-state index >= 15 is 0 Å². The minimum Gasteiger partial charge on any atom is -0.386 e. The van der Waals surface area contributed by atoms with Crippen LogP contribution in [0.4, 0.5) is 0 Å². The van der Waals surface area contributed by atoms with Crippen LogP contribution in [0.25, 0.3) is 0 Å². The molecule has 1 atom stereocenters. The van der Waals surface area contributed by atoms with Crippen LogP contribution in [0.2, 0.25) is 0 Å². The van der Waals surface area contributed by atoms with E-state index in [1.807, 2.05) is 0 Å². The molecule has 0 saturated heterocycles. The second-order valence-electron chi connectivity index (χ2n) is 4.27. The van der Waals surface area contributed by atoms with Crippen LogP contribution >= 0.6 is 0 Å². The van der Waals surface area contributed by atoms with E-state index in [1.165, 1.54) is 11.3 Å². The summed E-state index contributed by atoms with van der Waals surface area (Å²) in [5.74, 6) is 0.676. The molecule has 1 N–H and O–H groups in total. The predicted octanol–water partition coefficient (Wildman–Crippen LogP) is 3.49. The molecule has 76 valence electrons. The van der Waals surface area contributed by atoms with Gasteiger partial charge in [-0.15, -0.1) is 0 Å². The molecule has 0 saturated carbocycles. The van der Waals surface area contributed by atoms with Crippen molar-refractivity contribution in [1.29, 1.82) is 0 Å². The zero-order chi connectivity index (χ0) is 10.4. The number of allylic oxidation sites excluding steroid dienone is 4. The van der Waals surface area contributed by atoms with Gasteiger partial charge in [-0.2, -0.15) is 0 Å². The maximum Gasteiger partial charge on any atom is 0.0252 e. The van der Waals surface area contributed by atoms with Crippen molar-refractivity contribution in [3.8, 4) is 0 Å². The lowest BCUT2D eigenvalue weighted by Crippen LogP contribution is -2.29. The van der Waals surface area contributed by atoms with Crippen LogP contribution in [0.3, 0.4) is 0 Å². The van der Waals surface area contributed by atoms with Gasteiger partial charge in [-0.1, -0.05) is 25.5 Å². The highest BCUT2D eigenvalue weighted by Gasteiger charge is 2.04. The third-order valence-corrected chi connectivity index (χ3v) is 2.12. The Morgan fingerprint density at radius 3 is 1.92 bits per heavy atom. The van der Waals surface area contributed by atoms with Crippen molar-refractivity contribution in [2.45, 2.75) is 47.6 Å². The molecule has 0 aliphatic carbocycles. The summed E-state index contributed by atoms with van der Waals surface area (Å²) >= 11 is 0. The predicted molar refractivity (Wildman–Crippen MR) is 60.6 cm³/mol. The van der Waals surface area contributed by atoms with E-state index < -0.39 is 0 Å². The normalized spacial score (nSPS) is 14.2. The Morgan fingerprint density at radius 1 is 1.00 bits per heavy atom. The van der Waals surface area contributed by atoms with Gasteiger partial charge in [-0.3, -0.25) is 0 Å². The van der Waals surface area contributed by atoms with E-state index in [4.69, 9.17) is 0 Å². The van der Waals surface area contributed by atoms with Crippen molar-refractivity contribution in [2.24, 2.45) is 5.92 Å². The van der Waals surface area contributed by atoms with Crippen LogP contribution in [0.15, 0.2) is 23.4 Å². The Hall–Kier alpha value is -0.720. The van der Waals surface area contributed by atoms with Gasteiger partial charge in [0.05, 0.1) is 0 Å². The Morgan fingerprint density at radius 2 is 1.54 bits per heavy atom. The molecule has 0 spiro atoms. The molecule has 1 nitrogen and oxygen atoms in total. The van der Waals surface area contributed by atoms with E-state index in [2.05, 4.69) is 59.0 Å². The number of hydrogen-bond donors (Lipinski definition) is 1. The minimum atomic E-state index is 0.543. The van der Waals surface area contributed by atoms with E-state index in [1.54, 1.807) is 0 Å². The number of rotatable bonds is 4. The van der Waals surface area contributed by atoms with Gasteiger partial charge in [-0.05, 0) is 39.7 Å². The summed E-state index contributed by atoms with van der Waals surface area (Å²) in [6, 6.07) is 0.543. The summed E-state index contributed by atoms with van der Waals surface area (Å²) in [4.78, 5) is 0. The Bertz CT molecular complexity index is 195. The molecule has 0 rings (SSSR count). The third-order valence-electron chi connectivity index (χ3n) is 2.12.